The normalized spacial score (nSPS) is 11.2. The number of nitrogens with one attached hydrogen (secondary N) is 2. The second-order valence-corrected chi connectivity index (χ2v) is 8.70. The van der Waals surface area contributed by atoms with E-state index >= 15 is 0 Å². The van der Waals surface area contributed by atoms with Gasteiger partial charge in [0.2, 0.25) is 15.1 Å². The number of sulfonamides is 1. The summed E-state index contributed by atoms with van der Waals surface area (Å²) in [6, 6.07) is 8.18. The van der Waals surface area contributed by atoms with E-state index in [0.717, 1.165) is 35.4 Å². The van der Waals surface area contributed by atoms with Crippen molar-refractivity contribution in [2.45, 2.75) is 4.90 Å². The number of hydrogen-bond acceptors (Lipinski definition) is 6. The highest BCUT2D eigenvalue weighted by atomic mass is 32.2. The van der Waals surface area contributed by atoms with Crippen molar-refractivity contribution >= 4 is 38.2 Å². The molecule has 0 unspecified atom stereocenters. The van der Waals surface area contributed by atoms with E-state index in [-0.39, 0.29) is 16.6 Å². The Balaban J connectivity index is 1.72. The lowest BCUT2D eigenvalue weighted by molar-refractivity contribution is 0.258. The van der Waals surface area contributed by atoms with Gasteiger partial charge in [0.15, 0.2) is 5.13 Å². The van der Waals surface area contributed by atoms with Crippen molar-refractivity contribution in [3.63, 3.8) is 0 Å². The van der Waals surface area contributed by atoms with Gasteiger partial charge in [0.05, 0.1) is 6.20 Å². The number of thiazole rings is 1. The van der Waals surface area contributed by atoms with Crippen molar-refractivity contribution in [3.05, 3.63) is 60.3 Å². The van der Waals surface area contributed by atoms with Crippen molar-refractivity contribution in [2.75, 3.05) is 24.3 Å². The molecule has 0 saturated carbocycles. The van der Waals surface area contributed by atoms with Crippen LogP contribution >= 0.6 is 11.3 Å². The van der Waals surface area contributed by atoms with Gasteiger partial charge in [-0.1, -0.05) is 17.4 Å². The number of nitrogens with zero attached hydrogens (tertiary/aromatic N) is 2. The predicted octanol–water partition coefficient (Wildman–Crippen LogP) is 3.79. The minimum absolute atomic E-state index is 0.149. The zero-order valence-electron chi connectivity index (χ0n) is 15.7. The van der Waals surface area contributed by atoms with Crippen LogP contribution < -0.4 is 19.7 Å². The van der Waals surface area contributed by atoms with E-state index in [0.29, 0.717) is 5.06 Å². The van der Waals surface area contributed by atoms with Gasteiger partial charge in [-0.2, -0.15) is 0 Å². The molecule has 0 saturated heterocycles. The summed E-state index contributed by atoms with van der Waals surface area (Å²) in [7, 11) is -1.49. The molecule has 2 aromatic carbocycles. The Morgan fingerprint density at radius 3 is 2.67 bits per heavy atom. The van der Waals surface area contributed by atoms with Crippen LogP contribution in [0.3, 0.4) is 0 Å². The third kappa shape index (κ3) is 4.90. The van der Waals surface area contributed by atoms with Gasteiger partial charge in [0.1, 0.15) is 22.3 Å². The number of rotatable bonds is 6. The second-order valence-electron chi connectivity index (χ2n) is 5.86. The molecular formula is C18H16F2N4O4S2. The third-order valence-electron chi connectivity index (χ3n) is 3.88. The van der Waals surface area contributed by atoms with Crippen LogP contribution in [0, 0.1) is 11.6 Å². The maximum Gasteiger partial charge on any atom is 0.327 e. The highest BCUT2D eigenvalue weighted by Crippen LogP contribution is 2.31. The summed E-state index contributed by atoms with van der Waals surface area (Å²) in [5.41, 5.74) is 0.149. The maximum absolute atomic E-state index is 13.9. The molecule has 3 rings (SSSR count). The Labute approximate surface area is 175 Å². The molecule has 3 aromatic rings. The molecule has 30 heavy (non-hydrogen) atoms. The summed E-state index contributed by atoms with van der Waals surface area (Å²) in [6.07, 6.45) is 1.36. The SMILES string of the molecule is CNS(=O)(=O)c1cc(N(C)C(=O)Nc2ncc(Oc3cccc(F)c3)s2)ccc1F. The molecule has 1 aromatic heterocycles. The fourth-order valence-electron chi connectivity index (χ4n) is 2.32. The molecule has 0 spiro atoms. The summed E-state index contributed by atoms with van der Waals surface area (Å²) in [6.45, 7) is 0. The van der Waals surface area contributed by atoms with Gasteiger partial charge in [-0.15, -0.1) is 0 Å². The molecule has 0 aliphatic carbocycles. The van der Waals surface area contributed by atoms with E-state index in [1.807, 2.05) is 4.72 Å². The van der Waals surface area contributed by atoms with Crippen LogP contribution in [0.25, 0.3) is 0 Å². The van der Waals surface area contributed by atoms with Gasteiger partial charge >= 0.3 is 6.03 Å². The van der Waals surface area contributed by atoms with Gasteiger partial charge < -0.3 is 4.74 Å². The number of hydrogen-bond donors (Lipinski definition) is 2. The molecule has 1 heterocycles. The van der Waals surface area contributed by atoms with Gasteiger partial charge in [-0.3, -0.25) is 10.2 Å². The smallest absolute Gasteiger partial charge is 0.327 e. The lowest BCUT2D eigenvalue weighted by Gasteiger charge is -2.18. The Kier molecular flexibility index (Phi) is 6.29. The standard InChI is InChI=1S/C18H16F2N4O4S2/c1-21-30(26,27)15-9-12(6-7-14(15)20)24(2)18(25)23-17-22-10-16(29-17)28-13-5-3-4-11(19)8-13/h3-10,21H,1-2H3,(H,22,23,25). The van der Waals surface area contributed by atoms with Crippen molar-refractivity contribution < 1.29 is 26.7 Å². The van der Waals surface area contributed by atoms with Gasteiger partial charge in [-0.25, -0.2) is 31.7 Å². The van der Waals surface area contributed by atoms with Crippen LogP contribution in [0.4, 0.5) is 24.4 Å². The number of amides is 2. The van der Waals surface area contributed by atoms with Crippen molar-refractivity contribution in [2.24, 2.45) is 0 Å². The minimum atomic E-state index is -4.04. The average Bonchev–Trinajstić information content (AvgIpc) is 3.14. The largest absolute Gasteiger partial charge is 0.445 e. The number of ether oxygens (including phenoxy) is 1. The number of anilines is 2. The number of benzene rings is 2. The average molecular weight is 454 g/mol. The number of aromatic nitrogens is 1. The summed E-state index contributed by atoms with van der Waals surface area (Å²) >= 11 is 1.01. The summed E-state index contributed by atoms with van der Waals surface area (Å²) in [4.78, 5) is 17.0. The molecule has 8 nitrogen and oxygen atoms in total. The molecular weight excluding hydrogens is 438 g/mol. The van der Waals surface area contributed by atoms with E-state index in [4.69, 9.17) is 4.74 Å². The number of carbonyl (C=O) groups excluding carboxylic acids is 1. The highest BCUT2D eigenvalue weighted by Gasteiger charge is 2.21. The zero-order valence-corrected chi connectivity index (χ0v) is 17.4. The highest BCUT2D eigenvalue weighted by molar-refractivity contribution is 7.89. The summed E-state index contributed by atoms with van der Waals surface area (Å²) < 4.78 is 58.5. The molecule has 158 valence electrons. The lowest BCUT2D eigenvalue weighted by Crippen LogP contribution is -2.31. The molecule has 12 heteroatoms. The fraction of sp³-hybridized carbons (Fsp3) is 0.111. The van der Waals surface area contributed by atoms with Crippen LogP contribution in [0.5, 0.6) is 10.8 Å². The maximum atomic E-state index is 13.9. The topological polar surface area (TPSA) is 101 Å². The predicted molar refractivity (Wildman–Crippen MR) is 109 cm³/mol. The van der Waals surface area contributed by atoms with Crippen molar-refractivity contribution in [1.29, 1.82) is 0 Å². The monoisotopic (exact) mass is 454 g/mol. The van der Waals surface area contributed by atoms with E-state index in [1.165, 1.54) is 37.5 Å². The summed E-state index contributed by atoms with van der Waals surface area (Å²) in [5.74, 6) is -1.12. The second kappa shape index (κ2) is 8.73. The van der Waals surface area contributed by atoms with Crippen molar-refractivity contribution in [1.82, 2.24) is 9.71 Å². The Morgan fingerprint density at radius 1 is 1.20 bits per heavy atom. The van der Waals surface area contributed by atoms with Crippen LogP contribution in [0.2, 0.25) is 0 Å². The third-order valence-corrected chi connectivity index (χ3v) is 6.10. The lowest BCUT2D eigenvalue weighted by atomic mass is 10.3. The minimum Gasteiger partial charge on any atom is -0.445 e. The molecule has 2 N–H and O–H groups in total. The van der Waals surface area contributed by atoms with Crippen LogP contribution in [0.15, 0.2) is 53.6 Å². The Hall–Kier alpha value is -3.09. The van der Waals surface area contributed by atoms with Crippen LogP contribution in [0.1, 0.15) is 0 Å². The number of urea groups is 1. The first-order chi connectivity index (χ1) is 14.2. The number of carbonyl (C=O) groups is 1. The van der Waals surface area contributed by atoms with Crippen molar-refractivity contribution in [3.8, 4) is 10.8 Å². The molecule has 0 bridgehead atoms. The van der Waals surface area contributed by atoms with E-state index in [1.54, 1.807) is 6.07 Å². The zero-order chi connectivity index (χ0) is 21.9. The first kappa shape index (κ1) is 21.6. The Bertz CT molecular complexity index is 1180. The molecule has 0 aliphatic rings. The van der Waals surface area contributed by atoms with Gasteiger partial charge in [0.25, 0.3) is 0 Å². The first-order valence-electron chi connectivity index (χ1n) is 8.36. The van der Waals surface area contributed by atoms with E-state index < -0.39 is 32.6 Å². The molecule has 0 aliphatic heterocycles. The Morgan fingerprint density at radius 2 is 1.97 bits per heavy atom. The molecule has 0 atom stereocenters. The van der Waals surface area contributed by atoms with Gasteiger partial charge in [-0.05, 0) is 37.4 Å². The fourth-order valence-corrected chi connectivity index (χ4v) is 3.82. The summed E-state index contributed by atoms with van der Waals surface area (Å²) in [5, 5.41) is 3.05. The van der Waals surface area contributed by atoms with Crippen LogP contribution in [-0.2, 0) is 10.0 Å². The quantitative estimate of drug-likeness (QED) is 0.590. The molecule has 0 radical (unpaired) electrons. The molecule has 2 amide bonds. The number of halogens is 2. The van der Waals surface area contributed by atoms with E-state index in [9.17, 15) is 22.0 Å². The first-order valence-corrected chi connectivity index (χ1v) is 10.7. The van der Waals surface area contributed by atoms with E-state index in [2.05, 4.69) is 10.3 Å². The van der Waals surface area contributed by atoms with Crippen LogP contribution in [-0.4, -0.2) is 33.5 Å². The van der Waals surface area contributed by atoms with Gasteiger partial charge in [0, 0.05) is 18.8 Å². The molecule has 0 fully saturated rings.